The summed E-state index contributed by atoms with van der Waals surface area (Å²) in [7, 11) is -3.44. The van der Waals surface area contributed by atoms with Crippen molar-refractivity contribution in [3.63, 3.8) is 0 Å². The van der Waals surface area contributed by atoms with E-state index in [1.807, 2.05) is 30.0 Å². The average Bonchev–Trinajstić information content (AvgIpc) is 3.05. The number of rotatable bonds is 4. The Bertz CT molecular complexity index is 879. The van der Waals surface area contributed by atoms with Crippen molar-refractivity contribution in [3.8, 4) is 6.07 Å². The highest BCUT2D eigenvalue weighted by Crippen LogP contribution is 2.27. The fraction of sp³-hybridized carbons (Fsp3) is 0.353. The van der Waals surface area contributed by atoms with E-state index in [1.54, 1.807) is 18.2 Å². The molecule has 2 heterocycles. The molecule has 1 atom stereocenters. The maximum absolute atomic E-state index is 12.7. The quantitative estimate of drug-likeness (QED) is 0.796. The van der Waals surface area contributed by atoms with Gasteiger partial charge in [0, 0.05) is 36.1 Å². The molecule has 1 aromatic heterocycles. The third-order valence-corrected chi connectivity index (χ3v) is 7.87. The van der Waals surface area contributed by atoms with Gasteiger partial charge in [-0.2, -0.15) is 9.57 Å². The van der Waals surface area contributed by atoms with Crippen LogP contribution in [-0.4, -0.2) is 43.8 Å². The SMILES string of the molecule is Cc1ccc(S(=O)(=O)N2CCN(C(C#N)c3ccc(Cl)cc3)CC2)s1. The second-order valence-electron chi connectivity index (χ2n) is 5.89. The van der Waals surface area contributed by atoms with Gasteiger partial charge < -0.3 is 0 Å². The molecule has 2 aromatic rings. The van der Waals surface area contributed by atoms with E-state index < -0.39 is 16.1 Å². The van der Waals surface area contributed by atoms with E-state index in [0.717, 1.165) is 10.4 Å². The van der Waals surface area contributed by atoms with Gasteiger partial charge in [-0.1, -0.05) is 23.7 Å². The first-order valence-corrected chi connectivity index (χ1v) is 10.5. The van der Waals surface area contributed by atoms with Crippen LogP contribution in [0.3, 0.4) is 0 Å². The molecule has 0 aliphatic carbocycles. The predicted octanol–water partition coefficient (Wildman–Crippen LogP) is 3.28. The van der Waals surface area contributed by atoms with Crippen LogP contribution in [-0.2, 0) is 10.0 Å². The molecule has 1 unspecified atom stereocenters. The predicted molar refractivity (Wildman–Crippen MR) is 99.2 cm³/mol. The zero-order valence-electron chi connectivity index (χ0n) is 13.7. The number of thiophene rings is 1. The van der Waals surface area contributed by atoms with Crippen molar-refractivity contribution in [3.05, 3.63) is 51.9 Å². The molecule has 1 aliphatic heterocycles. The normalized spacial score (nSPS) is 18.0. The fourth-order valence-electron chi connectivity index (χ4n) is 2.89. The van der Waals surface area contributed by atoms with Crippen LogP contribution in [0.1, 0.15) is 16.5 Å². The van der Waals surface area contributed by atoms with Gasteiger partial charge in [0.05, 0.1) is 6.07 Å². The van der Waals surface area contributed by atoms with Crippen molar-refractivity contribution in [2.24, 2.45) is 0 Å². The number of nitrogens with zero attached hydrogens (tertiary/aromatic N) is 3. The molecule has 132 valence electrons. The van der Waals surface area contributed by atoms with Crippen LogP contribution < -0.4 is 0 Å². The van der Waals surface area contributed by atoms with Crippen molar-refractivity contribution in [2.75, 3.05) is 26.2 Å². The summed E-state index contributed by atoms with van der Waals surface area (Å²) in [6, 6.07) is 12.6. The molecule has 0 radical (unpaired) electrons. The lowest BCUT2D eigenvalue weighted by Crippen LogP contribution is -2.49. The molecular weight excluding hydrogens is 378 g/mol. The third kappa shape index (κ3) is 3.89. The highest BCUT2D eigenvalue weighted by atomic mass is 35.5. The van der Waals surface area contributed by atoms with Crippen molar-refractivity contribution in [2.45, 2.75) is 17.2 Å². The Kier molecular flexibility index (Phi) is 5.46. The van der Waals surface area contributed by atoms with Crippen LogP contribution >= 0.6 is 22.9 Å². The Morgan fingerprint density at radius 1 is 1.12 bits per heavy atom. The van der Waals surface area contributed by atoms with E-state index in [2.05, 4.69) is 6.07 Å². The van der Waals surface area contributed by atoms with E-state index in [-0.39, 0.29) is 0 Å². The molecule has 3 rings (SSSR count). The second-order valence-corrected chi connectivity index (χ2v) is 9.78. The van der Waals surface area contributed by atoms with Crippen LogP contribution in [0.4, 0.5) is 0 Å². The Hall–Kier alpha value is -1.43. The zero-order valence-corrected chi connectivity index (χ0v) is 16.1. The summed E-state index contributed by atoms with van der Waals surface area (Å²) in [5.74, 6) is 0. The molecule has 0 bridgehead atoms. The Morgan fingerprint density at radius 3 is 2.28 bits per heavy atom. The zero-order chi connectivity index (χ0) is 18.0. The highest BCUT2D eigenvalue weighted by Gasteiger charge is 2.32. The molecule has 0 N–H and O–H groups in total. The summed E-state index contributed by atoms with van der Waals surface area (Å²) in [6.45, 7) is 3.69. The van der Waals surface area contributed by atoms with Crippen LogP contribution in [0.5, 0.6) is 0 Å². The topological polar surface area (TPSA) is 64.4 Å². The Balaban J connectivity index is 1.71. The van der Waals surface area contributed by atoms with Gasteiger partial charge >= 0.3 is 0 Å². The highest BCUT2D eigenvalue weighted by molar-refractivity contribution is 7.91. The molecule has 8 heteroatoms. The minimum atomic E-state index is -3.44. The summed E-state index contributed by atoms with van der Waals surface area (Å²) in [5.41, 5.74) is 0.872. The first-order chi connectivity index (χ1) is 11.9. The van der Waals surface area contributed by atoms with Gasteiger partial charge in [-0.05, 0) is 36.8 Å². The second kappa shape index (κ2) is 7.44. The van der Waals surface area contributed by atoms with Crippen molar-refractivity contribution < 1.29 is 8.42 Å². The van der Waals surface area contributed by atoms with Gasteiger partial charge in [0.1, 0.15) is 10.3 Å². The summed E-state index contributed by atoms with van der Waals surface area (Å²) in [5, 5.41) is 10.2. The first kappa shape index (κ1) is 18.4. The number of piperazine rings is 1. The largest absolute Gasteiger partial charge is 0.282 e. The van der Waals surface area contributed by atoms with Crippen molar-refractivity contribution >= 4 is 33.0 Å². The number of aryl methyl sites for hydroxylation is 1. The molecule has 1 aliphatic rings. The minimum Gasteiger partial charge on any atom is -0.282 e. The summed E-state index contributed by atoms with van der Waals surface area (Å²) in [6.07, 6.45) is 0. The molecular formula is C17H18ClN3O2S2. The maximum atomic E-state index is 12.7. The van der Waals surface area contributed by atoms with Gasteiger partial charge in [0.2, 0.25) is 0 Å². The van der Waals surface area contributed by atoms with Gasteiger partial charge in [0.15, 0.2) is 0 Å². The number of sulfonamides is 1. The monoisotopic (exact) mass is 395 g/mol. The third-order valence-electron chi connectivity index (χ3n) is 4.26. The van der Waals surface area contributed by atoms with Gasteiger partial charge in [-0.15, -0.1) is 11.3 Å². The molecule has 1 fully saturated rings. The lowest BCUT2D eigenvalue weighted by atomic mass is 10.1. The van der Waals surface area contributed by atoms with Crippen molar-refractivity contribution in [1.82, 2.24) is 9.21 Å². The van der Waals surface area contributed by atoms with E-state index in [1.165, 1.54) is 15.6 Å². The van der Waals surface area contributed by atoms with E-state index in [0.29, 0.717) is 35.4 Å². The van der Waals surface area contributed by atoms with E-state index >= 15 is 0 Å². The molecule has 0 spiro atoms. The molecule has 1 aromatic carbocycles. The Morgan fingerprint density at radius 2 is 1.76 bits per heavy atom. The molecule has 0 amide bonds. The number of hydrogen-bond acceptors (Lipinski definition) is 5. The van der Waals surface area contributed by atoms with Crippen LogP contribution in [0, 0.1) is 18.3 Å². The molecule has 5 nitrogen and oxygen atoms in total. The number of hydrogen-bond donors (Lipinski definition) is 0. The van der Waals surface area contributed by atoms with Gasteiger partial charge in [-0.25, -0.2) is 8.42 Å². The lowest BCUT2D eigenvalue weighted by molar-refractivity contribution is 0.163. The van der Waals surface area contributed by atoms with Crippen molar-refractivity contribution in [1.29, 1.82) is 5.26 Å². The standard InChI is InChI=1S/C17H18ClN3O2S2/c1-13-2-7-17(24-13)25(22,23)21-10-8-20(9-11-21)16(12-19)14-3-5-15(18)6-4-14/h2-7,16H,8-11H2,1H3. The van der Waals surface area contributed by atoms with E-state index in [9.17, 15) is 13.7 Å². The van der Waals surface area contributed by atoms with Gasteiger partial charge in [-0.3, -0.25) is 4.90 Å². The summed E-state index contributed by atoms with van der Waals surface area (Å²) < 4.78 is 27.3. The van der Waals surface area contributed by atoms with E-state index in [4.69, 9.17) is 11.6 Å². The number of benzene rings is 1. The number of halogens is 1. The van der Waals surface area contributed by atoms with Gasteiger partial charge in [0.25, 0.3) is 10.0 Å². The Labute approximate surface area is 157 Å². The van der Waals surface area contributed by atoms with Crippen LogP contribution in [0.25, 0.3) is 0 Å². The average molecular weight is 396 g/mol. The maximum Gasteiger partial charge on any atom is 0.252 e. The van der Waals surface area contributed by atoms with Crippen LogP contribution in [0.15, 0.2) is 40.6 Å². The lowest BCUT2D eigenvalue weighted by Gasteiger charge is -2.36. The molecule has 1 saturated heterocycles. The number of nitriles is 1. The van der Waals surface area contributed by atoms with Crippen LogP contribution in [0.2, 0.25) is 5.02 Å². The summed E-state index contributed by atoms with van der Waals surface area (Å²) in [4.78, 5) is 2.99. The molecule has 0 saturated carbocycles. The smallest absolute Gasteiger partial charge is 0.252 e. The fourth-order valence-corrected chi connectivity index (χ4v) is 5.88. The minimum absolute atomic E-state index is 0.380. The molecule has 25 heavy (non-hydrogen) atoms. The summed E-state index contributed by atoms with van der Waals surface area (Å²) >= 11 is 7.20. The first-order valence-electron chi connectivity index (χ1n) is 7.87.